The Morgan fingerprint density at radius 3 is 2.11 bits per heavy atom. The molecule has 9 atom stereocenters. The predicted molar refractivity (Wildman–Crippen MR) is 122 cm³/mol. The molecule has 2 saturated heterocycles. The Hall–Kier alpha value is -3.01. The van der Waals surface area contributed by atoms with E-state index in [2.05, 4.69) is 0 Å². The van der Waals surface area contributed by atoms with Gasteiger partial charge in [-0.25, -0.2) is 4.79 Å². The third kappa shape index (κ3) is 3.77. The fraction of sp³-hybridized carbons (Fsp3) is 0.654. The van der Waals surface area contributed by atoms with Crippen molar-refractivity contribution in [2.24, 2.45) is 17.3 Å². The minimum absolute atomic E-state index is 0.162. The third-order valence-corrected chi connectivity index (χ3v) is 8.00. The van der Waals surface area contributed by atoms with E-state index in [0.29, 0.717) is 5.57 Å². The highest BCUT2D eigenvalue weighted by molar-refractivity contribution is 5.93. The Labute approximate surface area is 209 Å². The van der Waals surface area contributed by atoms with Gasteiger partial charge >= 0.3 is 23.9 Å². The number of rotatable bonds is 3. The Morgan fingerprint density at radius 2 is 1.56 bits per heavy atom. The molecule has 196 valence electrons. The lowest BCUT2D eigenvalue weighted by Crippen LogP contribution is -2.61. The SMILES string of the molecule is CC(=O)O[C@H]1C/C(C)=C\[C@@H]2OC(=O)[C@]3(C)O[C@]23[C@H](OC(C)=O)[C@H]2[C@@H](C)C(=O)C=C[C@]2(C)[C@H]1OC(C)=O. The van der Waals surface area contributed by atoms with Crippen LogP contribution in [0.2, 0.25) is 0 Å². The van der Waals surface area contributed by atoms with Gasteiger partial charge in [0.2, 0.25) is 0 Å². The van der Waals surface area contributed by atoms with Gasteiger partial charge < -0.3 is 23.7 Å². The van der Waals surface area contributed by atoms with E-state index >= 15 is 0 Å². The zero-order valence-electron chi connectivity index (χ0n) is 21.5. The van der Waals surface area contributed by atoms with Crippen molar-refractivity contribution < 1.29 is 47.7 Å². The molecule has 10 nitrogen and oxygen atoms in total. The summed E-state index contributed by atoms with van der Waals surface area (Å²) in [6.45, 7) is 10.5. The van der Waals surface area contributed by atoms with E-state index in [1.807, 2.05) is 0 Å². The highest BCUT2D eigenvalue weighted by Crippen LogP contribution is 2.64. The molecule has 1 spiro atoms. The number of epoxide rings is 1. The van der Waals surface area contributed by atoms with Gasteiger partial charge in [-0.2, -0.15) is 0 Å². The first kappa shape index (κ1) is 26.1. The molecular formula is C26H32O10. The maximum absolute atomic E-state index is 13.0. The molecule has 36 heavy (non-hydrogen) atoms. The molecular weight excluding hydrogens is 472 g/mol. The lowest BCUT2D eigenvalue weighted by molar-refractivity contribution is -0.193. The van der Waals surface area contributed by atoms with Crippen LogP contribution in [0, 0.1) is 17.3 Å². The van der Waals surface area contributed by atoms with Crippen LogP contribution in [0.4, 0.5) is 0 Å². The number of carbonyl (C=O) groups is 5. The van der Waals surface area contributed by atoms with E-state index in [4.69, 9.17) is 23.7 Å². The number of fused-ring (bicyclic) bond motifs is 1. The highest BCUT2D eigenvalue weighted by Gasteiger charge is 2.87. The number of esters is 4. The summed E-state index contributed by atoms with van der Waals surface area (Å²) in [6, 6.07) is 0. The van der Waals surface area contributed by atoms with Crippen molar-refractivity contribution in [1.82, 2.24) is 0 Å². The number of ketones is 1. The monoisotopic (exact) mass is 504 g/mol. The largest absolute Gasteiger partial charge is 0.459 e. The molecule has 0 N–H and O–H groups in total. The second kappa shape index (κ2) is 8.54. The van der Waals surface area contributed by atoms with E-state index in [0.717, 1.165) is 0 Å². The van der Waals surface area contributed by atoms with Crippen LogP contribution in [0.15, 0.2) is 23.8 Å². The summed E-state index contributed by atoms with van der Waals surface area (Å²) in [4.78, 5) is 62.7. The quantitative estimate of drug-likeness (QED) is 0.243. The van der Waals surface area contributed by atoms with Crippen molar-refractivity contribution in [3.63, 3.8) is 0 Å². The molecule has 0 amide bonds. The van der Waals surface area contributed by atoms with E-state index in [9.17, 15) is 24.0 Å². The zero-order chi connectivity index (χ0) is 26.8. The van der Waals surface area contributed by atoms with Gasteiger partial charge in [0.25, 0.3) is 0 Å². The average Bonchev–Trinajstić information content (AvgIpc) is 3.34. The van der Waals surface area contributed by atoms with Crippen molar-refractivity contribution in [2.45, 2.75) is 90.5 Å². The van der Waals surface area contributed by atoms with Gasteiger partial charge in [-0.15, -0.1) is 0 Å². The summed E-state index contributed by atoms with van der Waals surface area (Å²) in [6.07, 6.45) is 0.828. The second-order valence-corrected chi connectivity index (χ2v) is 10.6. The van der Waals surface area contributed by atoms with Crippen LogP contribution in [0.5, 0.6) is 0 Å². The van der Waals surface area contributed by atoms with Crippen molar-refractivity contribution in [2.75, 3.05) is 0 Å². The van der Waals surface area contributed by atoms with Crippen molar-refractivity contribution in [3.8, 4) is 0 Å². The fourth-order valence-corrected chi connectivity index (χ4v) is 6.38. The number of hydrogen-bond acceptors (Lipinski definition) is 10. The molecule has 0 radical (unpaired) electrons. The lowest BCUT2D eigenvalue weighted by atomic mass is 9.57. The van der Waals surface area contributed by atoms with E-state index < -0.39 is 76.7 Å². The summed E-state index contributed by atoms with van der Waals surface area (Å²) in [5.74, 6) is -4.22. The maximum atomic E-state index is 13.0. The summed E-state index contributed by atoms with van der Waals surface area (Å²) in [5, 5.41) is 0. The van der Waals surface area contributed by atoms with E-state index in [1.165, 1.54) is 26.8 Å². The molecule has 4 rings (SSSR count). The molecule has 2 fully saturated rings. The molecule has 0 saturated carbocycles. The zero-order valence-corrected chi connectivity index (χ0v) is 21.5. The van der Waals surface area contributed by atoms with Crippen LogP contribution in [-0.4, -0.2) is 65.3 Å². The molecule has 0 unspecified atom stereocenters. The van der Waals surface area contributed by atoms with Crippen LogP contribution in [0.1, 0.15) is 54.9 Å². The van der Waals surface area contributed by atoms with Gasteiger partial charge in [0.15, 0.2) is 23.1 Å². The topological polar surface area (TPSA) is 135 Å². The van der Waals surface area contributed by atoms with Crippen LogP contribution >= 0.6 is 0 Å². The molecule has 10 heteroatoms. The standard InChI is InChI=1S/C26H32O10/c1-12-10-18(32-14(3)27)21(33-15(4)28)24(6)9-8-17(30)13(2)20(24)22(34-16(5)29)26-19(11-12)35-23(31)25(26,7)36-26/h8-9,11,13,18-22H,10H2,1-7H3/b12-11-/t13-,18-,19-,20+,21-,22+,24-,25-,26-/m0/s1. The van der Waals surface area contributed by atoms with Crippen molar-refractivity contribution >= 4 is 29.7 Å². The van der Waals surface area contributed by atoms with Gasteiger partial charge in [-0.05, 0) is 26.0 Å². The molecule has 0 aromatic rings. The minimum atomic E-state index is -1.40. The Balaban J connectivity index is 2.01. The summed E-state index contributed by atoms with van der Waals surface area (Å²) in [5.41, 5.74) is -3.28. The van der Waals surface area contributed by atoms with Crippen molar-refractivity contribution in [1.29, 1.82) is 0 Å². The van der Waals surface area contributed by atoms with E-state index in [-0.39, 0.29) is 12.2 Å². The first-order chi connectivity index (χ1) is 16.7. The van der Waals surface area contributed by atoms with Gasteiger partial charge in [0, 0.05) is 44.4 Å². The van der Waals surface area contributed by atoms with Crippen LogP contribution in [0.25, 0.3) is 0 Å². The first-order valence-corrected chi connectivity index (χ1v) is 12.0. The van der Waals surface area contributed by atoms with Gasteiger partial charge in [-0.1, -0.05) is 25.5 Å². The van der Waals surface area contributed by atoms with Crippen LogP contribution in [0.3, 0.4) is 0 Å². The molecule has 2 aliphatic carbocycles. The average molecular weight is 505 g/mol. The fourth-order valence-electron chi connectivity index (χ4n) is 6.38. The maximum Gasteiger partial charge on any atom is 0.342 e. The van der Waals surface area contributed by atoms with Gasteiger partial charge in [-0.3, -0.25) is 19.2 Å². The molecule has 4 aliphatic rings. The lowest BCUT2D eigenvalue weighted by Gasteiger charge is -2.51. The smallest absolute Gasteiger partial charge is 0.342 e. The molecule has 0 bridgehead atoms. The summed E-state index contributed by atoms with van der Waals surface area (Å²) in [7, 11) is 0. The molecule has 2 aliphatic heterocycles. The number of hydrogen-bond donors (Lipinski definition) is 0. The Kier molecular flexibility index (Phi) is 6.18. The van der Waals surface area contributed by atoms with E-state index in [1.54, 1.807) is 39.8 Å². The number of carbonyl (C=O) groups excluding carboxylic acids is 5. The molecule has 2 heterocycles. The number of ether oxygens (including phenoxy) is 5. The minimum Gasteiger partial charge on any atom is -0.459 e. The Bertz CT molecular complexity index is 1090. The predicted octanol–water partition coefficient (Wildman–Crippen LogP) is 1.98. The highest BCUT2D eigenvalue weighted by atomic mass is 16.7. The summed E-state index contributed by atoms with van der Waals surface area (Å²) < 4.78 is 29.2. The molecule has 0 aromatic heterocycles. The van der Waals surface area contributed by atoms with Gasteiger partial charge in [0.1, 0.15) is 18.3 Å². The first-order valence-electron chi connectivity index (χ1n) is 12.0. The molecule has 0 aromatic carbocycles. The Morgan fingerprint density at radius 1 is 0.972 bits per heavy atom. The number of allylic oxidation sites excluding steroid dienone is 1. The normalized spacial score (nSPS) is 44.6. The van der Waals surface area contributed by atoms with Crippen molar-refractivity contribution in [3.05, 3.63) is 23.8 Å². The summed E-state index contributed by atoms with van der Waals surface area (Å²) >= 11 is 0. The van der Waals surface area contributed by atoms with Gasteiger partial charge in [0.05, 0.1) is 0 Å². The van der Waals surface area contributed by atoms with Crippen LogP contribution < -0.4 is 0 Å². The third-order valence-electron chi connectivity index (χ3n) is 8.00. The second-order valence-electron chi connectivity index (χ2n) is 10.6. The van der Waals surface area contributed by atoms with Crippen LogP contribution in [-0.2, 0) is 47.7 Å².